The Labute approximate surface area is 165 Å². The summed E-state index contributed by atoms with van der Waals surface area (Å²) in [6.07, 6.45) is 1.76. The van der Waals surface area contributed by atoms with Crippen molar-refractivity contribution in [2.45, 2.75) is 13.5 Å². The zero-order valence-corrected chi connectivity index (χ0v) is 17.5. The summed E-state index contributed by atoms with van der Waals surface area (Å²) in [6.45, 7) is 4.05. The molecule has 1 amide bonds. The van der Waals surface area contributed by atoms with Gasteiger partial charge in [-0.3, -0.25) is 9.59 Å². The molecule has 6 nitrogen and oxygen atoms in total. The van der Waals surface area contributed by atoms with Gasteiger partial charge in [-0.05, 0) is 40.1 Å². The summed E-state index contributed by atoms with van der Waals surface area (Å²) in [5.41, 5.74) is 2.53. The number of hydrogen-bond acceptors (Lipinski definition) is 4. The van der Waals surface area contributed by atoms with Crippen LogP contribution in [0.4, 0.5) is 5.69 Å². The van der Waals surface area contributed by atoms with Gasteiger partial charge < -0.3 is 9.80 Å². The zero-order valence-electron chi connectivity index (χ0n) is 13.6. The standard InChI is InChI=1S/C16H17ClIN4O2P/c1-11-4-2-3-5-12(11)9-21-7-6-20(10-14(21)23)13-8-19-22(25-18)16(24)15(13)17/h2-5,8,25H,6-7,9-10H2,1H3. The third-order valence-electron chi connectivity index (χ3n) is 4.26. The zero-order chi connectivity index (χ0) is 18.0. The van der Waals surface area contributed by atoms with Crippen LogP contribution >= 0.6 is 40.0 Å². The minimum Gasteiger partial charge on any atom is -0.358 e. The smallest absolute Gasteiger partial charge is 0.291 e. The maximum Gasteiger partial charge on any atom is 0.291 e. The summed E-state index contributed by atoms with van der Waals surface area (Å²) >= 11 is 8.28. The van der Waals surface area contributed by atoms with E-state index in [0.717, 1.165) is 5.56 Å². The molecule has 1 unspecified atom stereocenters. The highest BCUT2D eigenvalue weighted by Crippen LogP contribution is 2.26. The van der Waals surface area contributed by atoms with Crippen LogP contribution in [0.2, 0.25) is 5.02 Å². The molecule has 25 heavy (non-hydrogen) atoms. The molecule has 3 rings (SSSR count). The first-order valence-electron chi connectivity index (χ1n) is 7.73. The number of hydrogen-bond donors (Lipinski definition) is 0. The van der Waals surface area contributed by atoms with Crippen molar-refractivity contribution in [3.63, 3.8) is 0 Å². The quantitative estimate of drug-likeness (QED) is 0.489. The minimum absolute atomic E-state index is 0.0190. The average Bonchev–Trinajstić information content (AvgIpc) is 2.61. The normalized spacial score (nSPS) is 15.4. The average molecular weight is 491 g/mol. The molecule has 0 N–H and O–H groups in total. The topological polar surface area (TPSA) is 58.4 Å². The number of aryl methyl sites for hydroxylation is 1. The molecule has 0 radical (unpaired) electrons. The van der Waals surface area contributed by atoms with E-state index in [0.29, 0.717) is 25.3 Å². The molecule has 0 aliphatic carbocycles. The van der Waals surface area contributed by atoms with Crippen molar-refractivity contribution in [1.29, 1.82) is 0 Å². The first-order valence-corrected chi connectivity index (χ1v) is 12.2. The number of anilines is 1. The molecular weight excluding hydrogens is 474 g/mol. The third kappa shape index (κ3) is 3.99. The van der Waals surface area contributed by atoms with Gasteiger partial charge in [-0.2, -0.15) is 5.10 Å². The van der Waals surface area contributed by atoms with Crippen LogP contribution in [0.3, 0.4) is 0 Å². The summed E-state index contributed by atoms with van der Waals surface area (Å²) in [6, 6.07) is 8.06. The van der Waals surface area contributed by atoms with E-state index in [2.05, 4.69) is 27.1 Å². The second-order valence-electron chi connectivity index (χ2n) is 5.81. The van der Waals surface area contributed by atoms with Crippen LogP contribution in [0, 0.1) is 6.92 Å². The van der Waals surface area contributed by atoms with Gasteiger partial charge in [-0.1, -0.05) is 35.9 Å². The summed E-state index contributed by atoms with van der Waals surface area (Å²) in [4.78, 5) is 28.4. The van der Waals surface area contributed by atoms with E-state index in [1.807, 2.05) is 41.0 Å². The highest BCUT2D eigenvalue weighted by atomic mass is 127. The number of benzene rings is 1. The summed E-state index contributed by atoms with van der Waals surface area (Å²) in [5.74, 6) is 0.0190. The number of rotatable bonds is 4. The van der Waals surface area contributed by atoms with Crippen LogP contribution in [0.5, 0.6) is 0 Å². The molecule has 1 fully saturated rings. The van der Waals surface area contributed by atoms with Crippen LogP contribution in [0.25, 0.3) is 0 Å². The maximum absolute atomic E-state index is 12.6. The van der Waals surface area contributed by atoms with E-state index in [-0.39, 0.29) is 29.4 Å². The van der Waals surface area contributed by atoms with Crippen molar-refractivity contribution in [2.75, 3.05) is 24.5 Å². The first kappa shape index (κ1) is 18.6. The second kappa shape index (κ2) is 8.01. The number of aromatic nitrogens is 2. The fraction of sp³-hybridized carbons (Fsp3) is 0.312. The number of nitrogens with zero attached hydrogens (tertiary/aromatic N) is 4. The fourth-order valence-corrected chi connectivity index (χ4v) is 4.42. The van der Waals surface area contributed by atoms with Crippen molar-refractivity contribution >= 4 is 51.6 Å². The van der Waals surface area contributed by atoms with Crippen LogP contribution in [-0.2, 0) is 11.3 Å². The molecule has 2 heterocycles. The van der Waals surface area contributed by atoms with Crippen LogP contribution in [-0.4, -0.2) is 40.0 Å². The Morgan fingerprint density at radius 2 is 2.04 bits per heavy atom. The molecule has 2 aromatic rings. The molecule has 1 aliphatic heterocycles. The van der Waals surface area contributed by atoms with Crippen molar-refractivity contribution in [2.24, 2.45) is 0 Å². The largest absolute Gasteiger partial charge is 0.358 e. The van der Waals surface area contributed by atoms with Crippen molar-refractivity contribution in [3.8, 4) is 0 Å². The van der Waals surface area contributed by atoms with Crippen molar-refractivity contribution in [1.82, 2.24) is 14.5 Å². The SMILES string of the molecule is Cc1ccccc1CN1CCN(c2cnn(PI)c(=O)c2Cl)CC1=O. The van der Waals surface area contributed by atoms with Gasteiger partial charge in [-0.25, -0.2) is 4.45 Å². The van der Waals surface area contributed by atoms with Crippen LogP contribution in [0.15, 0.2) is 35.3 Å². The van der Waals surface area contributed by atoms with Crippen molar-refractivity contribution < 1.29 is 4.79 Å². The Morgan fingerprint density at radius 1 is 1.28 bits per heavy atom. The molecule has 0 spiro atoms. The van der Waals surface area contributed by atoms with Crippen LogP contribution in [0.1, 0.15) is 11.1 Å². The molecule has 1 aliphatic rings. The first-order chi connectivity index (χ1) is 12.0. The van der Waals surface area contributed by atoms with Gasteiger partial charge in [0, 0.05) is 19.6 Å². The highest BCUT2D eigenvalue weighted by molar-refractivity contribution is 14.2. The molecule has 1 atom stereocenters. The molecule has 1 aromatic heterocycles. The van der Waals surface area contributed by atoms with Gasteiger partial charge in [0.15, 0.2) is 0 Å². The van der Waals surface area contributed by atoms with E-state index >= 15 is 0 Å². The van der Waals surface area contributed by atoms with E-state index in [4.69, 9.17) is 11.6 Å². The maximum atomic E-state index is 12.6. The Bertz CT molecular complexity index is 860. The molecule has 1 saturated heterocycles. The lowest BCUT2D eigenvalue weighted by atomic mass is 10.1. The summed E-state index contributed by atoms with van der Waals surface area (Å²) in [7, 11) is 0. The van der Waals surface area contributed by atoms with E-state index in [1.54, 1.807) is 6.20 Å². The van der Waals surface area contributed by atoms with Gasteiger partial charge >= 0.3 is 0 Å². The van der Waals surface area contributed by atoms with Crippen LogP contribution < -0.4 is 10.5 Å². The number of amides is 1. The number of halogens is 2. The predicted octanol–water partition coefficient (Wildman–Crippen LogP) is 2.85. The molecule has 1 aromatic carbocycles. The van der Waals surface area contributed by atoms with Crippen molar-refractivity contribution in [3.05, 3.63) is 57.0 Å². The summed E-state index contributed by atoms with van der Waals surface area (Å²) in [5, 5.41) is 4.24. The van der Waals surface area contributed by atoms with Gasteiger partial charge in [0.2, 0.25) is 5.91 Å². The van der Waals surface area contributed by atoms with Gasteiger partial charge in [0.05, 0.1) is 24.8 Å². The number of carbonyl (C=O) groups excluding carboxylic acids is 1. The minimum atomic E-state index is -0.318. The van der Waals surface area contributed by atoms with E-state index in [1.165, 1.54) is 10.0 Å². The Kier molecular flexibility index (Phi) is 5.96. The molecule has 132 valence electrons. The van der Waals surface area contributed by atoms with Gasteiger partial charge in [-0.15, -0.1) is 0 Å². The lowest BCUT2D eigenvalue weighted by Gasteiger charge is -2.36. The lowest BCUT2D eigenvalue weighted by Crippen LogP contribution is -2.50. The number of piperazine rings is 1. The van der Waals surface area contributed by atoms with E-state index in [9.17, 15) is 9.59 Å². The molecule has 0 saturated carbocycles. The third-order valence-corrected chi connectivity index (χ3v) is 6.47. The lowest BCUT2D eigenvalue weighted by molar-refractivity contribution is -0.131. The van der Waals surface area contributed by atoms with Gasteiger partial charge in [0.25, 0.3) is 5.56 Å². The molecular formula is C16H17ClIN4O2P. The molecule has 9 heteroatoms. The fourth-order valence-electron chi connectivity index (χ4n) is 2.78. The summed E-state index contributed by atoms with van der Waals surface area (Å²) < 4.78 is 1.32. The Morgan fingerprint density at radius 3 is 2.72 bits per heavy atom. The van der Waals surface area contributed by atoms with E-state index < -0.39 is 0 Å². The monoisotopic (exact) mass is 490 g/mol. The Hall–Kier alpha value is -1.18. The Balaban J connectivity index is 1.74. The molecule has 0 bridgehead atoms. The second-order valence-corrected chi connectivity index (χ2v) is 8.23. The highest BCUT2D eigenvalue weighted by Gasteiger charge is 2.26. The van der Waals surface area contributed by atoms with Gasteiger partial charge in [0.1, 0.15) is 5.02 Å². The number of carbonyl (C=O) groups is 1. The predicted molar refractivity (Wildman–Crippen MR) is 110 cm³/mol.